The molecule has 0 rings (SSSR count). The molecule has 0 aliphatic carbocycles. The van der Waals surface area contributed by atoms with Gasteiger partial charge in [0, 0.05) is 27.8 Å². The van der Waals surface area contributed by atoms with Gasteiger partial charge in [0.25, 0.3) is 5.97 Å². The molecule has 26 heavy (non-hydrogen) atoms. The van der Waals surface area contributed by atoms with E-state index in [9.17, 15) is 0 Å². The molecule has 0 aromatic heterocycles. The predicted molar refractivity (Wildman–Crippen MR) is 113 cm³/mol. The highest BCUT2D eigenvalue weighted by Gasteiger charge is 2.28. The Morgan fingerprint density at radius 1 is 0.423 bits per heavy atom. The van der Waals surface area contributed by atoms with Crippen molar-refractivity contribution in [2.75, 3.05) is 21.3 Å². The molecule has 0 aromatic rings. The zero-order valence-electron chi connectivity index (χ0n) is 18.5. The van der Waals surface area contributed by atoms with Gasteiger partial charge in [-0.3, -0.25) is 0 Å². The summed E-state index contributed by atoms with van der Waals surface area (Å²) in [5.74, 6) is -0.838. The van der Waals surface area contributed by atoms with E-state index in [0.717, 1.165) is 12.8 Å². The van der Waals surface area contributed by atoms with Crippen molar-refractivity contribution in [1.29, 1.82) is 0 Å². The van der Waals surface area contributed by atoms with Crippen molar-refractivity contribution in [2.45, 2.75) is 128 Å². The minimum absolute atomic E-state index is 0.801. The summed E-state index contributed by atoms with van der Waals surface area (Å²) >= 11 is 0. The molecule has 3 nitrogen and oxygen atoms in total. The maximum atomic E-state index is 5.32. The van der Waals surface area contributed by atoms with E-state index in [-0.39, 0.29) is 0 Å². The van der Waals surface area contributed by atoms with Crippen LogP contribution in [0.2, 0.25) is 0 Å². The quantitative estimate of drug-likeness (QED) is 0.153. The first-order valence-electron chi connectivity index (χ1n) is 11.4. The van der Waals surface area contributed by atoms with Crippen LogP contribution in [0.15, 0.2) is 0 Å². The first kappa shape index (κ1) is 25.9. The third kappa shape index (κ3) is 15.0. The number of unbranched alkanes of at least 4 members (excludes halogenated alkanes) is 16. The lowest BCUT2D eigenvalue weighted by Gasteiger charge is -2.28. The van der Waals surface area contributed by atoms with E-state index in [1.807, 2.05) is 0 Å². The third-order valence-corrected chi connectivity index (χ3v) is 5.52. The molecule has 0 aromatic carbocycles. The smallest absolute Gasteiger partial charge is 0.282 e. The van der Waals surface area contributed by atoms with Crippen molar-refractivity contribution >= 4 is 0 Å². The number of rotatable bonds is 21. The van der Waals surface area contributed by atoms with E-state index < -0.39 is 5.97 Å². The normalized spacial score (nSPS) is 12.0. The van der Waals surface area contributed by atoms with E-state index in [1.54, 1.807) is 21.3 Å². The van der Waals surface area contributed by atoms with Crippen LogP contribution in [0.5, 0.6) is 0 Å². The van der Waals surface area contributed by atoms with E-state index in [0.29, 0.717) is 0 Å². The van der Waals surface area contributed by atoms with Crippen molar-refractivity contribution in [3.63, 3.8) is 0 Å². The fraction of sp³-hybridized carbons (Fsp3) is 1.00. The van der Waals surface area contributed by atoms with Crippen LogP contribution in [0.3, 0.4) is 0 Å². The van der Waals surface area contributed by atoms with Crippen molar-refractivity contribution in [1.82, 2.24) is 0 Å². The molecule has 0 saturated heterocycles. The number of ether oxygens (including phenoxy) is 3. The fourth-order valence-corrected chi connectivity index (χ4v) is 3.62. The van der Waals surface area contributed by atoms with Crippen molar-refractivity contribution in [3.05, 3.63) is 0 Å². The number of methoxy groups -OCH3 is 3. The molecule has 0 N–H and O–H groups in total. The molecule has 0 bridgehead atoms. The van der Waals surface area contributed by atoms with Crippen LogP contribution < -0.4 is 0 Å². The Morgan fingerprint density at radius 2 is 0.692 bits per heavy atom. The van der Waals surface area contributed by atoms with Crippen LogP contribution in [0, 0.1) is 0 Å². The second-order valence-electron chi connectivity index (χ2n) is 7.70. The minimum Gasteiger partial charge on any atom is -0.331 e. The van der Waals surface area contributed by atoms with Gasteiger partial charge < -0.3 is 14.2 Å². The maximum Gasteiger partial charge on any atom is 0.282 e. The second kappa shape index (κ2) is 19.6. The summed E-state index contributed by atoms with van der Waals surface area (Å²) in [4.78, 5) is 0. The molecule has 0 spiro atoms. The van der Waals surface area contributed by atoms with Crippen LogP contribution >= 0.6 is 0 Å². The highest BCUT2D eigenvalue weighted by Crippen LogP contribution is 2.21. The van der Waals surface area contributed by atoms with E-state index in [2.05, 4.69) is 6.92 Å². The van der Waals surface area contributed by atoms with Gasteiger partial charge in [-0.2, -0.15) is 0 Å². The monoisotopic (exact) mass is 372 g/mol. The van der Waals surface area contributed by atoms with Crippen LogP contribution in [0.4, 0.5) is 0 Å². The molecule has 3 heteroatoms. The van der Waals surface area contributed by atoms with Gasteiger partial charge in [0.1, 0.15) is 0 Å². The number of hydrogen-bond donors (Lipinski definition) is 0. The standard InChI is InChI=1S/C23H48O3/c1-5-6-7-8-9-10-11-12-13-14-15-16-17-18-19-20-21-22-23(24-2,25-3)26-4/h5-22H2,1-4H3. The van der Waals surface area contributed by atoms with Gasteiger partial charge in [-0.1, -0.05) is 110 Å². The van der Waals surface area contributed by atoms with Gasteiger partial charge in [0.2, 0.25) is 0 Å². The average molecular weight is 373 g/mol. The van der Waals surface area contributed by atoms with E-state index >= 15 is 0 Å². The van der Waals surface area contributed by atoms with Gasteiger partial charge in [0.05, 0.1) is 0 Å². The lowest BCUT2D eigenvalue weighted by Crippen LogP contribution is -2.35. The Bertz CT molecular complexity index is 256. The zero-order chi connectivity index (χ0) is 19.3. The first-order valence-corrected chi connectivity index (χ1v) is 11.4. The van der Waals surface area contributed by atoms with Crippen molar-refractivity contribution < 1.29 is 14.2 Å². The summed E-state index contributed by atoms with van der Waals surface area (Å²) in [6.45, 7) is 2.29. The van der Waals surface area contributed by atoms with E-state index in [1.165, 1.54) is 103 Å². The Morgan fingerprint density at radius 3 is 0.962 bits per heavy atom. The second-order valence-corrected chi connectivity index (χ2v) is 7.70. The van der Waals surface area contributed by atoms with Gasteiger partial charge in [-0.15, -0.1) is 0 Å². The molecule has 0 amide bonds. The lowest BCUT2D eigenvalue weighted by atomic mass is 10.0. The zero-order valence-corrected chi connectivity index (χ0v) is 18.5. The molecule has 0 aliphatic heterocycles. The van der Waals surface area contributed by atoms with Crippen LogP contribution in [0.1, 0.15) is 122 Å². The van der Waals surface area contributed by atoms with Crippen LogP contribution in [0.25, 0.3) is 0 Å². The molecule has 158 valence electrons. The molecule has 0 saturated carbocycles. The Balaban J connectivity index is 3.20. The van der Waals surface area contributed by atoms with Crippen molar-refractivity contribution in [2.24, 2.45) is 0 Å². The molecule has 0 radical (unpaired) electrons. The largest absolute Gasteiger partial charge is 0.331 e. The molecule has 0 heterocycles. The molecular weight excluding hydrogens is 324 g/mol. The summed E-state index contributed by atoms with van der Waals surface area (Å²) in [7, 11) is 4.92. The molecular formula is C23H48O3. The van der Waals surface area contributed by atoms with Crippen LogP contribution in [-0.2, 0) is 14.2 Å². The molecule has 0 fully saturated rings. The van der Waals surface area contributed by atoms with Gasteiger partial charge in [-0.05, 0) is 6.42 Å². The summed E-state index contributed by atoms with van der Waals surface area (Å²) in [5, 5.41) is 0. The SMILES string of the molecule is CCCCCCCCCCCCCCCCCCCC(OC)(OC)OC. The highest BCUT2D eigenvalue weighted by molar-refractivity contribution is 4.57. The third-order valence-electron chi connectivity index (χ3n) is 5.52. The topological polar surface area (TPSA) is 27.7 Å². The number of hydrogen-bond acceptors (Lipinski definition) is 3. The van der Waals surface area contributed by atoms with E-state index in [4.69, 9.17) is 14.2 Å². The Kier molecular flexibility index (Phi) is 19.5. The van der Waals surface area contributed by atoms with Crippen molar-refractivity contribution in [3.8, 4) is 0 Å². The molecule has 0 atom stereocenters. The first-order chi connectivity index (χ1) is 12.7. The average Bonchev–Trinajstić information content (AvgIpc) is 2.68. The Labute approximate surface area is 164 Å². The summed E-state index contributed by atoms with van der Waals surface area (Å²) in [5.41, 5.74) is 0. The molecule has 0 unspecified atom stereocenters. The maximum absolute atomic E-state index is 5.32. The Hall–Kier alpha value is -0.120. The van der Waals surface area contributed by atoms with Gasteiger partial charge in [0.15, 0.2) is 0 Å². The predicted octanol–water partition coefficient (Wildman–Crippen LogP) is 7.62. The summed E-state index contributed by atoms with van der Waals surface area (Å²) < 4.78 is 16.0. The minimum atomic E-state index is -0.838. The van der Waals surface area contributed by atoms with Crippen LogP contribution in [-0.4, -0.2) is 27.3 Å². The summed E-state index contributed by atoms with van der Waals surface area (Å²) in [6.07, 6.45) is 24.4. The highest BCUT2D eigenvalue weighted by atomic mass is 16.9. The van der Waals surface area contributed by atoms with Gasteiger partial charge in [-0.25, -0.2) is 0 Å². The lowest BCUT2D eigenvalue weighted by molar-refractivity contribution is -0.355. The summed E-state index contributed by atoms with van der Waals surface area (Å²) in [6, 6.07) is 0. The molecule has 0 aliphatic rings. The van der Waals surface area contributed by atoms with Gasteiger partial charge >= 0.3 is 0 Å². The fourth-order valence-electron chi connectivity index (χ4n) is 3.62.